The molecule has 0 spiro atoms. The average Bonchev–Trinajstić information content (AvgIpc) is 2.45. The van der Waals surface area contributed by atoms with Gasteiger partial charge in [0.15, 0.2) is 0 Å². The van der Waals surface area contributed by atoms with Gasteiger partial charge in [-0.3, -0.25) is 0 Å². The molecular formula is C15H19ClN2O2S. The molecule has 0 aliphatic carbocycles. The van der Waals surface area contributed by atoms with E-state index in [-0.39, 0.29) is 16.5 Å². The second kappa shape index (κ2) is 6.80. The summed E-state index contributed by atoms with van der Waals surface area (Å²) in [6, 6.07) is 4.76. The molecular weight excluding hydrogens is 308 g/mol. The van der Waals surface area contributed by atoms with Crippen LogP contribution in [0.3, 0.4) is 0 Å². The van der Waals surface area contributed by atoms with Crippen LogP contribution in [0.4, 0.5) is 0 Å². The van der Waals surface area contributed by atoms with Crippen molar-refractivity contribution in [3.05, 3.63) is 28.8 Å². The van der Waals surface area contributed by atoms with Gasteiger partial charge in [-0.1, -0.05) is 30.4 Å². The predicted octanol–water partition coefficient (Wildman–Crippen LogP) is 2.07. The molecule has 0 amide bonds. The second-order valence-electron chi connectivity index (χ2n) is 5.24. The third-order valence-corrected chi connectivity index (χ3v) is 6.01. The van der Waals surface area contributed by atoms with E-state index in [2.05, 4.69) is 18.8 Å². The molecule has 2 rings (SSSR count). The summed E-state index contributed by atoms with van der Waals surface area (Å²) in [5.74, 6) is 6.13. The predicted molar refractivity (Wildman–Crippen MR) is 84.5 cm³/mol. The van der Waals surface area contributed by atoms with Crippen molar-refractivity contribution in [3.8, 4) is 11.8 Å². The first-order valence-corrected chi connectivity index (χ1v) is 8.75. The number of benzene rings is 1. The lowest BCUT2D eigenvalue weighted by Gasteiger charge is -2.29. The van der Waals surface area contributed by atoms with Crippen molar-refractivity contribution >= 4 is 21.6 Å². The minimum atomic E-state index is -3.52. The number of nitrogens with two attached hydrogens (primary N) is 1. The van der Waals surface area contributed by atoms with E-state index in [0.717, 1.165) is 12.8 Å². The van der Waals surface area contributed by atoms with Crippen molar-refractivity contribution in [2.45, 2.75) is 24.7 Å². The molecule has 6 heteroatoms. The van der Waals surface area contributed by atoms with E-state index in [9.17, 15) is 8.42 Å². The van der Waals surface area contributed by atoms with Gasteiger partial charge in [-0.05, 0) is 37.0 Å². The highest BCUT2D eigenvalue weighted by Gasteiger charge is 2.29. The van der Waals surface area contributed by atoms with E-state index < -0.39 is 10.0 Å². The molecule has 2 N–H and O–H groups in total. The SMILES string of the molecule is CC1CCN(S(=O)(=O)c2ccc(C#CCN)cc2Cl)CC1. The van der Waals surface area contributed by atoms with E-state index in [4.69, 9.17) is 17.3 Å². The fourth-order valence-corrected chi connectivity index (χ4v) is 4.29. The van der Waals surface area contributed by atoms with Gasteiger partial charge in [0, 0.05) is 18.7 Å². The number of rotatable bonds is 2. The topological polar surface area (TPSA) is 63.4 Å². The summed E-state index contributed by atoms with van der Waals surface area (Å²) in [5.41, 5.74) is 5.98. The van der Waals surface area contributed by atoms with Gasteiger partial charge in [0.05, 0.1) is 11.6 Å². The summed E-state index contributed by atoms with van der Waals surface area (Å²) in [7, 11) is -3.52. The molecule has 0 bridgehead atoms. The van der Waals surface area contributed by atoms with Gasteiger partial charge in [0.1, 0.15) is 4.90 Å². The largest absolute Gasteiger partial charge is 0.320 e. The number of hydrogen-bond donors (Lipinski definition) is 1. The summed E-state index contributed by atoms with van der Waals surface area (Å²) in [5, 5.41) is 0.206. The van der Waals surface area contributed by atoms with Crippen molar-refractivity contribution in [1.82, 2.24) is 4.31 Å². The molecule has 1 aromatic rings. The molecule has 1 fully saturated rings. The average molecular weight is 327 g/mol. The summed E-state index contributed by atoms with van der Waals surface area (Å²) >= 11 is 6.14. The van der Waals surface area contributed by atoms with Crippen LogP contribution in [0.2, 0.25) is 5.02 Å². The van der Waals surface area contributed by atoms with Crippen LogP contribution in [0.5, 0.6) is 0 Å². The Hall–Kier alpha value is -1.06. The van der Waals surface area contributed by atoms with Gasteiger partial charge in [-0.25, -0.2) is 8.42 Å². The zero-order valence-electron chi connectivity index (χ0n) is 12.0. The Bertz CT molecular complexity index is 669. The molecule has 1 aliphatic rings. The number of nitrogens with zero attached hydrogens (tertiary/aromatic N) is 1. The Morgan fingerprint density at radius 2 is 2.05 bits per heavy atom. The van der Waals surface area contributed by atoms with Gasteiger partial charge in [-0.15, -0.1) is 0 Å². The number of sulfonamides is 1. The highest BCUT2D eigenvalue weighted by molar-refractivity contribution is 7.89. The number of hydrogen-bond acceptors (Lipinski definition) is 3. The monoisotopic (exact) mass is 326 g/mol. The minimum absolute atomic E-state index is 0.150. The Kier molecular flexibility index (Phi) is 5.28. The summed E-state index contributed by atoms with van der Waals surface area (Å²) < 4.78 is 26.8. The molecule has 0 radical (unpaired) electrons. The van der Waals surface area contributed by atoms with E-state index in [1.165, 1.54) is 10.4 Å². The zero-order valence-corrected chi connectivity index (χ0v) is 13.5. The molecule has 0 saturated carbocycles. The Labute approximate surface area is 131 Å². The lowest BCUT2D eigenvalue weighted by Crippen LogP contribution is -2.38. The lowest BCUT2D eigenvalue weighted by atomic mass is 10.0. The molecule has 4 nitrogen and oxygen atoms in total. The number of halogens is 1. The molecule has 21 heavy (non-hydrogen) atoms. The summed E-state index contributed by atoms with van der Waals surface area (Å²) in [4.78, 5) is 0.150. The van der Waals surface area contributed by atoms with E-state index in [0.29, 0.717) is 24.6 Å². The van der Waals surface area contributed by atoms with Crippen LogP contribution in [-0.2, 0) is 10.0 Å². The second-order valence-corrected chi connectivity index (χ2v) is 7.55. The van der Waals surface area contributed by atoms with Crippen LogP contribution in [0.15, 0.2) is 23.1 Å². The van der Waals surface area contributed by atoms with Gasteiger partial charge in [-0.2, -0.15) is 4.31 Å². The Balaban J connectivity index is 2.28. The first-order valence-electron chi connectivity index (χ1n) is 6.94. The Morgan fingerprint density at radius 3 is 2.62 bits per heavy atom. The molecule has 0 aromatic heterocycles. The zero-order chi connectivity index (χ0) is 15.5. The van der Waals surface area contributed by atoms with Crippen LogP contribution in [0, 0.1) is 17.8 Å². The van der Waals surface area contributed by atoms with Crippen molar-refractivity contribution < 1.29 is 8.42 Å². The van der Waals surface area contributed by atoms with E-state index in [1.54, 1.807) is 12.1 Å². The molecule has 114 valence electrons. The first kappa shape index (κ1) is 16.3. The summed E-state index contributed by atoms with van der Waals surface area (Å²) in [6.45, 7) is 3.49. The smallest absolute Gasteiger partial charge is 0.244 e. The van der Waals surface area contributed by atoms with Crippen molar-refractivity contribution in [1.29, 1.82) is 0 Å². The maximum absolute atomic E-state index is 12.6. The van der Waals surface area contributed by atoms with Gasteiger partial charge in [0.2, 0.25) is 10.0 Å². The van der Waals surface area contributed by atoms with Crippen molar-refractivity contribution in [2.75, 3.05) is 19.6 Å². The van der Waals surface area contributed by atoms with E-state index >= 15 is 0 Å². The highest BCUT2D eigenvalue weighted by Crippen LogP contribution is 2.28. The highest BCUT2D eigenvalue weighted by atomic mass is 35.5. The molecule has 1 saturated heterocycles. The molecule has 1 aromatic carbocycles. The fraction of sp³-hybridized carbons (Fsp3) is 0.467. The minimum Gasteiger partial charge on any atom is -0.320 e. The third kappa shape index (κ3) is 3.78. The fourth-order valence-electron chi connectivity index (χ4n) is 2.31. The van der Waals surface area contributed by atoms with Crippen molar-refractivity contribution in [2.24, 2.45) is 11.7 Å². The lowest BCUT2D eigenvalue weighted by molar-refractivity contribution is 0.288. The standard InChI is InChI=1S/C15H19ClN2O2S/c1-12-6-9-18(10-7-12)21(19,20)15-5-4-13(3-2-8-17)11-14(15)16/h4-5,11-12H,6-10,17H2,1H3. The van der Waals surface area contributed by atoms with Gasteiger partial charge in [0.25, 0.3) is 0 Å². The number of piperidine rings is 1. The quantitative estimate of drug-likeness (QED) is 0.846. The van der Waals surface area contributed by atoms with Crippen LogP contribution >= 0.6 is 11.6 Å². The van der Waals surface area contributed by atoms with E-state index in [1.807, 2.05) is 0 Å². The van der Waals surface area contributed by atoms with Gasteiger partial charge >= 0.3 is 0 Å². The summed E-state index contributed by atoms with van der Waals surface area (Å²) in [6.07, 6.45) is 1.77. The first-order chi connectivity index (χ1) is 9.95. The van der Waals surface area contributed by atoms with Gasteiger partial charge < -0.3 is 5.73 Å². The molecule has 1 heterocycles. The maximum Gasteiger partial charge on any atom is 0.244 e. The molecule has 0 atom stereocenters. The van der Waals surface area contributed by atoms with Crippen molar-refractivity contribution in [3.63, 3.8) is 0 Å². The van der Waals surface area contributed by atoms with Crippen LogP contribution < -0.4 is 5.73 Å². The Morgan fingerprint density at radius 1 is 1.38 bits per heavy atom. The van der Waals surface area contributed by atoms with Crippen LogP contribution in [0.25, 0.3) is 0 Å². The normalized spacial score (nSPS) is 17.3. The molecule has 1 aliphatic heterocycles. The molecule has 0 unspecified atom stereocenters. The third-order valence-electron chi connectivity index (χ3n) is 3.63. The van der Waals surface area contributed by atoms with Crippen LogP contribution in [-0.4, -0.2) is 32.4 Å². The van der Waals surface area contributed by atoms with Crippen LogP contribution in [0.1, 0.15) is 25.3 Å². The maximum atomic E-state index is 12.6.